The summed E-state index contributed by atoms with van der Waals surface area (Å²) in [6.45, 7) is 1.88. The number of carbonyl (C=O) groups excluding carboxylic acids is 3. The molecule has 1 aromatic rings. The van der Waals surface area contributed by atoms with Gasteiger partial charge in [0.1, 0.15) is 0 Å². The van der Waals surface area contributed by atoms with Gasteiger partial charge in [-0.15, -0.1) is 0 Å². The number of rotatable bonds is 4. The number of ether oxygens (including phenoxy) is 1. The standard InChI is InChI=1S/C12H13N3O4/c1-2-19-11(17)6-5-10(16)14-15-12(18)9-4-3-7-13-8-9/h3-8H,2H2,1H3,(H,14,16)(H,15,18)/b6-5+. The Labute approximate surface area is 109 Å². The molecule has 0 saturated carbocycles. The van der Waals surface area contributed by atoms with Crippen molar-refractivity contribution >= 4 is 17.8 Å². The van der Waals surface area contributed by atoms with Crippen molar-refractivity contribution in [2.24, 2.45) is 0 Å². The van der Waals surface area contributed by atoms with Gasteiger partial charge in [-0.2, -0.15) is 0 Å². The number of hydrogen-bond acceptors (Lipinski definition) is 5. The summed E-state index contributed by atoms with van der Waals surface area (Å²) >= 11 is 0. The Morgan fingerprint density at radius 2 is 2.11 bits per heavy atom. The van der Waals surface area contributed by atoms with Gasteiger partial charge in [0.15, 0.2) is 0 Å². The summed E-state index contributed by atoms with van der Waals surface area (Å²) in [6, 6.07) is 3.14. The van der Waals surface area contributed by atoms with Gasteiger partial charge in [-0.25, -0.2) is 4.79 Å². The number of esters is 1. The molecule has 0 saturated heterocycles. The minimum atomic E-state index is -0.648. The van der Waals surface area contributed by atoms with Crippen LogP contribution in [-0.2, 0) is 14.3 Å². The molecule has 1 heterocycles. The number of aromatic nitrogens is 1. The van der Waals surface area contributed by atoms with Gasteiger partial charge >= 0.3 is 5.97 Å². The van der Waals surface area contributed by atoms with Gasteiger partial charge in [0.25, 0.3) is 11.8 Å². The van der Waals surface area contributed by atoms with Crippen LogP contribution in [-0.4, -0.2) is 29.4 Å². The Hall–Kier alpha value is -2.70. The molecule has 0 spiro atoms. The Balaban J connectivity index is 2.39. The molecule has 0 aliphatic heterocycles. The minimum Gasteiger partial charge on any atom is -0.463 e. The summed E-state index contributed by atoms with van der Waals surface area (Å²) < 4.78 is 4.59. The molecule has 7 nitrogen and oxygen atoms in total. The maximum absolute atomic E-state index is 11.5. The third-order valence-electron chi connectivity index (χ3n) is 1.88. The first-order valence-electron chi connectivity index (χ1n) is 5.48. The normalized spacial score (nSPS) is 9.95. The Bertz CT molecular complexity index is 485. The monoisotopic (exact) mass is 263 g/mol. The predicted molar refractivity (Wildman–Crippen MR) is 65.6 cm³/mol. The van der Waals surface area contributed by atoms with E-state index in [1.54, 1.807) is 19.1 Å². The van der Waals surface area contributed by atoms with Crippen LogP contribution in [0.1, 0.15) is 17.3 Å². The number of nitrogens with one attached hydrogen (secondary N) is 2. The molecule has 1 aromatic heterocycles. The SMILES string of the molecule is CCOC(=O)/C=C/C(=O)NNC(=O)c1cccnc1. The summed E-state index contributed by atoms with van der Waals surface area (Å²) in [5.74, 6) is -1.78. The number of carbonyl (C=O) groups is 3. The van der Waals surface area contributed by atoms with Crippen LogP contribution in [0.4, 0.5) is 0 Å². The highest BCUT2D eigenvalue weighted by Gasteiger charge is 2.05. The Kier molecular flexibility index (Phi) is 5.74. The van der Waals surface area contributed by atoms with Crippen molar-refractivity contribution in [1.29, 1.82) is 0 Å². The van der Waals surface area contributed by atoms with Crippen LogP contribution in [0.5, 0.6) is 0 Å². The lowest BCUT2D eigenvalue weighted by Crippen LogP contribution is -2.40. The van der Waals surface area contributed by atoms with Crippen molar-refractivity contribution in [2.45, 2.75) is 6.92 Å². The van der Waals surface area contributed by atoms with E-state index >= 15 is 0 Å². The van der Waals surface area contributed by atoms with Crippen molar-refractivity contribution in [3.8, 4) is 0 Å². The quantitative estimate of drug-likeness (QED) is 0.451. The molecule has 0 aromatic carbocycles. The highest BCUT2D eigenvalue weighted by Crippen LogP contribution is 1.93. The number of hydrazine groups is 1. The summed E-state index contributed by atoms with van der Waals surface area (Å²) in [4.78, 5) is 37.4. The van der Waals surface area contributed by atoms with Gasteiger partial charge in [0, 0.05) is 24.5 Å². The molecule has 2 amide bonds. The lowest BCUT2D eigenvalue weighted by atomic mass is 10.3. The Morgan fingerprint density at radius 1 is 1.32 bits per heavy atom. The van der Waals surface area contributed by atoms with Gasteiger partial charge in [-0.3, -0.25) is 25.4 Å². The van der Waals surface area contributed by atoms with E-state index in [2.05, 4.69) is 20.6 Å². The predicted octanol–water partition coefficient (Wildman–Crippen LogP) is -0.0381. The first-order valence-corrected chi connectivity index (χ1v) is 5.48. The van der Waals surface area contributed by atoms with Crippen molar-refractivity contribution in [3.63, 3.8) is 0 Å². The molecule has 0 bridgehead atoms. The molecule has 0 atom stereocenters. The van der Waals surface area contributed by atoms with Crippen molar-refractivity contribution in [2.75, 3.05) is 6.61 Å². The first-order chi connectivity index (χ1) is 9.13. The fraction of sp³-hybridized carbons (Fsp3) is 0.167. The second-order valence-corrected chi connectivity index (χ2v) is 3.27. The maximum atomic E-state index is 11.5. The van der Waals surface area contributed by atoms with E-state index in [0.29, 0.717) is 5.56 Å². The molecule has 2 N–H and O–H groups in total. The maximum Gasteiger partial charge on any atom is 0.330 e. The molecule has 0 aliphatic carbocycles. The Morgan fingerprint density at radius 3 is 2.74 bits per heavy atom. The van der Waals surface area contributed by atoms with Crippen molar-refractivity contribution in [1.82, 2.24) is 15.8 Å². The number of pyridine rings is 1. The second kappa shape index (κ2) is 7.59. The van der Waals surface area contributed by atoms with E-state index in [1.807, 2.05) is 0 Å². The minimum absolute atomic E-state index is 0.225. The van der Waals surface area contributed by atoms with Crippen molar-refractivity contribution < 1.29 is 19.1 Å². The second-order valence-electron chi connectivity index (χ2n) is 3.27. The topological polar surface area (TPSA) is 97.4 Å². The van der Waals surface area contributed by atoms with Crippen LogP contribution < -0.4 is 10.9 Å². The average molecular weight is 263 g/mol. The number of hydrogen-bond donors (Lipinski definition) is 2. The lowest BCUT2D eigenvalue weighted by Gasteiger charge is -2.04. The van der Waals surface area contributed by atoms with Gasteiger partial charge in [-0.1, -0.05) is 0 Å². The zero-order chi connectivity index (χ0) is 14.1. The van der Waals surface area contributed by atoms with Crippen LogP contribution in [0.15, 0.2) is 36.7 Å². The number of nitrogens with zero attached hydrogens (tertiary/aromatic N) is 1. The van der Waals surface area contributed by atoms with E-state index < -0.39 is 17.8 Å². The van der Waals surface area contributed by atoms with Crippen LogP contribution in [0.3, 0.4) is 0 Å². The average Bonchev–Trinajstić information content (AvgIpc) is 2.44. The van der Waals surface area contributed by atoms with E-state index in [0.717, 1.165) is 12.2 Å². The van der Waals surface area contributed by atoms with Crippen LogP contribution >= 0.6 is 0 Å². The fourth-order valence-electron chi connectivity index (χ4n) is 1.06. The van der Waals surface area contributed by atoms with Gasteiger partial charge in [0.2, 0.25) is 0 Å². The number of amides is 2. The zero-order valence-corrected chi connectivity index (χ0v) is 10.3. The summed E-state index contributed by atoms with van der Waals surface area (Å²) in [7, 11) is 0. The van der Waals surface area contributed by atoms with Crippen molar-refractivity contribution in [3.05, 3.63) is 42.2 Å². The third kappa shape index (κ3) is 5.44. The van der Waals surface area contributed by atoms with E-state index in [-0.39, 0.29) is 6.61 Å². The van der Waals surface area contributed by atoms with E-state index in [1.165, 1.54) is 12.4 Å². The molecule has 1 rings (SSSR count). The molecule has 0 unspecified atom stereocenters. The summed E-state index contributed by atoms with van der Waals surface area (Å²) in [5, 5.41) is 0. The summed E-state index contributed by atoms with van der Waals surface area (Å²) in [5.41, 5.74) is 4.59. The molecule has 19 heavy (non-hydrogen) atoms. The molecule has 0 fully saturated rings. The van der Waals surface area contributed by atoms with Gasteiger partial charge < -0.3 is 4.74 Å². The molecule has 0 aliphatic rings. The third-order valence-corrected chi connectivity index (χ3v) is 1.88. The molecule has 0 radical (unpaired) electrons. The van der Waals surface area contributed by atoms with Gasteiger partial charge in [0.05, 0.1) is 12.2 Å². The molecule has 100 valence electrons. The fourth-order valence-corrected chi connectivity index (χ4v) is 1.06. The van der Waals surface area contributed by atoms with Crippen LogP contribution in [0.25, 0.3) is 0 Å². The van der Waals surface area contributed by atoms with E-state index in [9.17, 15) is 14.4 Å². The molecular formula is C12H13N3O4. The zero-order valence-electron chi connectivity index (χ0n) is 10.3. The van der Waals surface area contributed by atoms with Crippen LogP contribution in [0, 0.1) is 0 Å². The van der Waals surface area contributed by atoms with Crippen LogP contribution in [0.2, 0.25) is 0 Å². The van der Waals surface area contributed by atoms with Gasteiger partial charge in [-0.05, 0) is 19.1 Å². The lowest BCUT2D eigenvalue weighted by molar-refractivity contribution is -0.137. The highest BCUT2D eigenvalue weighted by molar-refractivity contribution is 5.98. The highest BCUT2D eigenvalue weighted by atomic mass is 16.5. The van der Waals surface area contributed by atoms with E-state index in [4.69, 9.17) is 0 Å². The smallest absolute Gasteiger partial charge is 0.330 e. The molecule has 7 heteroatoms. The molecular weight excluding hydrogens is 250 g/mol. The largest absolute Gasteiger partial charge is 0.463 e. The first kappa shape index (κ1) is 14.4. The summed E-state index contributed by atoms with van der Waals surface area (Å²) in [6.07, 6.45) is 4.81.